The molecule has 0 saturated carbocycles. The standard InChI is InChI=1S/C12H17NO3/c1-8-5-6-10(16-4)9(7-8)13-11(14)12(2,3)15/h5-7,15H,1-4H3,(H,13,14). The van der Waals surface area contributed by atoms with E-state index >= 15 is 0 Å². The Morgan fingerprint density at radius 3 is 2.56 bits per heavy atom. The van der Waals surface area contributed by atoms with E-state index in [-0.39, 0.29) is 0 Å². The first-order chi connectivity index (χ1) is 7.34. The van der Waals surface area contributed by atoms with Gasteiger partial charge in [-0.15, -0.1) is 0 Å². The summed E-state index contributed by atoms with van der Waals surface area (Å²) >= 11 is 0. The summed E-state index contributed by atoms with van der Waals surface area (Å²) in [6, 6.07) is 5.45. The summed E-state index contributed by atoms with van der Waals surface area (Å²) in [6.45, 7) is 4.79. The second kappa shape index (κ2) is 4.53. The summed E-state index contributed by atoms with van der Waals surface area (Å²) < 4.78 is 5.12. The number of rotatable bonds is 3. The van der Waals surface area contributed by atoms with Crippen LogP contribution in [0.2, 0.25) is 0 Å². The number of amides is 1. The number of anilines is 1. The molecule has 1 aromatic carbocycles. The molecule has 4 heteroatoms. The van der Waals surface area contributed by atoms with Gasteiger partial charge in [-0.3, -0.25) is 4.79 Å². The molecular weight excluding hydrogens is 206 g/mol. The molecule has 2 N–H and O–H groups in total. The highest BCUT2D eigenvalue weighted by atomic mass is 16.5. The van der Waals surface area contributed by atoms with Crippen LogP contribution in [0.5, 0.6) is 5.75 Å². The molecule has 0 fully saturated rings. The van der Waals surface area contributed by atoms with Gasteiger partial charge in [0.25, 0.3) is 5.91 Å². The largest absolute Gasteiger partial charge is 0.495 e. The Kier molecular flexibility index (Phi) is 3.55. The lowest BCUT2D eigenvalue weighted by Gasteiger charge is -2.18. The molecular formula is C12H17NO3. The van der Waals surface area contributed by atoms with Crippen molar-refractivity contribution in [1.82, 2.24) is 0 Å². The minimum Gasteiger partial charge on any atom is -0.495 e. The molecule has 1 aromatic rings. The van der Waals surface area contributed by atoms with Gasteiger partial charge in [-0.1, -0.05) is 6.07 Å². The lowest BCUT2D eigenvalue weighted by molar-refractivity contribution is -0.130. The monoisotopic (exact) mass is 223 g/mol. The van der Waals surface area contributed by atoms with E-state index in [2.05, 4.69) is 5.32 Å². The van der Waals surface area contributed by atoms with E-state index in [1.165, 1.54) is 21.0 Å². The van der Waals surface area contributed by atoms with E-state index < -0.39 is 11.5 Å². The lowest BCUT2D eigenvalue weighted by Crippen LogP contribution is -2.36. The van der Waals surface area contributed by atoms with Crippen LogP contribution in [0.3, 0.4) is 0 Å². The van der Waals surface area contributed by atoms with E-state index in [9.17, 15) is 9.90 Å². The number of carbonyl (C=O) groups excluding carboxylic acids is 1. The molecule has 0 bridgehead atoms. The van der Waals surface area contributed by atoms with Gasteiger partial charge in [0, 0.05) is 0 Å². The third-order valence-electron chi connectivity index (χ3n) is 2.16. The zero-order chi connectivity index (χ0) is 12.3. The van der Waals surface area contributed by atoms with Crippen LogP contribution in [0.25, 0.3) is 0 Å². The smallest absolute Gasteiger partial charge is 0.255 e. The number of ether oxygens (including phenoxy) is 1. The van der Waals surface area contributed by atoms with Crippen LogP contribution in [0, 0.1) is 6.92 Å². The van der Waals surface area contributed by atoms with Crippen molar-refractivity contribution in [2.75, 3.05) is 12.4 Å². The van der Waals surface area contributed by atoms with Gasteiger partial charge < -0.3 is 15.2 Å². The predicted molar refractivity (Wildman–Crippen MR) is 62.7 cm³/mol. The van der Waals surface area contributed by atoms with E-state index in [0.717, 1.165) is 5.56 Å². The summed E-state index contributed by atoms with van der Waals surface area (Å²) in [7, 11) is 1.53. The number of nitrogens with one attached hydrogen (secondary N) is 1. The minimum atomic E-state index is -1.41. The summed E-state index contributed by atoms with van der Waals surface area (Å²) in [5.74, 6) is 0.111. The fraction of sp³-hybridized carbons (Fsp3) is 0.417. The van der Waals surface area contributed by atoms with Crippen LogP contribution in [0.15, 0.2) is 18.2 Å². The number of carbonyl (C=O) groups is 1. The average molecular weight is 223 g/mol. The van der Waals surface area contributed by atoms with Gasteiger partial charge in [0.15, 0.2) is 0 Å². The fourth-order valence-corrected chi connectivity index (χ4v) is 1.19. The van der Waals surface area contributed by atoms with E-state index in [4.69, 9.17) is 4.74 Å². The maximum absolute atomic E-state index is 11.6. The lowest BCUT2D eigenvalue weighted by atomic mass is 10.1. The summed E-state index contributed by atoms with van der Waals surface area (Å²) in [5, 5.41) is 12.2. The topological polar surface area (TPSA) is 58.6 Å². The van der Waals surface area contributed by atoms with Crippen LogP contribution in [-0.4, -0.2) is 23.7 Å². The van der Waals surface area contributed by atoms with Crippen molar-refractivity contribution in [3.63, 3.8) is 0 Å². The first-order valence-corrected chi connectivity index (χ1v) is 5.03. The number of hydrogen-bond acceptors (Lipinski definition) is 3. The van der Waals surface area contributed by atoms with Crippen molar-refractivity contribution in [2.24, 2.45) is 0 Å². The maximum atomic E-state index is 11.6. The summed E-state index contributed by atoms with van der Waals surface area (Å²) in [5.41, 5.74) is 0.163. The molecule has 0 saturated heterocycles. The van der Waals surface area contributed by atoms with Crippen molar-refractivity contribution < 1.29 is 14.6 Å². The van der Waals surface area contributed by atoms with Crippen LogP contribution in [0.4, 0.5) is 5.69 Å². The molecule has 0 aliphatic heterocycles. The second-order valence-electron chi connectivity index (χ2n) is 4.22. The molecule has 0 aliphatic rings. The molecule has 0 atom stereocenters. The molecule has 0 radical (unpaired) electrons. The summed E-state index contributed by atoms with van der Waals surface area (Å²) in [4.78, 5) is 11.6. The highest BCUT2D eigenvalue weighted by molar-refractivity contribution is 5.97. The first kappa shape index (κ1) is 12.5. The van der Waals surface area contributed by atoms with Crippen LogP contribution in [0.1, 0.15) is 19.4 Å². The van der Waals surface area contributed by atoms with Crippen LogP contribution in [-0.2, 0) is 4.79 Å². The number of aliphatic hydroxyl groups is 1. The fourth-order valence-electron chi connectivity index (χ4n) is 1.19. The van der Waals surface area contributed by atoms with Crippen molar-refractivity contribution in [1.29, 1.82) is 0 Å². The molecule has 1 rings (SSSR count). The van der Waals surface area contributed by atoms with Crippen molar-refractivity contribution in [2.45, 2.75) is 26.4 Å². The molecule has 0 aromatic heterocycles. The van der Waals surface area contributed by atoms with Gasteiger partial charge in [0.1, 0.15) is 11.4 Å². The Morgan fingerprint density at radius 1 is 1.44 bits per heavy atom. The second-order valence-corrected chi connectivity index (χ2v) is 4.22. The molecule has 0 spiro atoms. The minimum absolute atomic E-state index is 0.462. The molecule has 0 aliphatic carbocycles. The molecule has 16 heavy (non-hydrogen) atoms. The Balaban J connectivity index is 2.96. The predicted octanol–water partition coefficient (Wildman–Crippen LogP) is 1.71. The zero-order valence-electron chi connectivity index (χ0n) is 10.00. The van der Waals surface area contributed by atoms with Crippen molar-refractivity contribution in [3.8, 4) is 5.75 Å². The number of methoxy groups -OCH3 is 1. The Morgan fingerprint density at radius 2 is 2.06 bits per heavy atom. The zero-order valence-corrected chi connectivity index (χ0v) is 10.00. The quantitative estimate of drug-likeness (QED) is 0.820. The van der Waals surface area contributed by atoms with Gasteiger partial charge in [-0.05, 0) is 38.5 Å². The molecule has 1 amide bonds. The van der Waals surface area contributed by atoms with Crippen molar-refractivity contribution >= 4 is 11.6 Å². The van der Waals surface area contributed by atoms with E-state index in [1.54, 1.807) is 12.1 Å². The average Bonchev–Trinajstić information content (AvgIpc) is 2.16. The van der Waals surface area contributed by atoms with Gasteiger partial charge in [0.2, 0.25) is 0 Å². The highest BCUT2D eigenvalue weighted by Gasteiger charge is 2.24. The van der Waals surface area contributed by atoms with Crippen LogP contribution >= 0.6 is 0 Å². The Labute approximate surface area is 95.2 Å². The molecule has 4 nitrogen and oxygen atoms in total. The maximum Gasteiger partial charge on any atom is 0.255 e. The third kappa shape index (κ3) is 2.97. The van der Waals surface area contributed by atoms with Crippen molar-refractivity contribution in [3.05, 3.63) is 23.8 Å². The number of hydrogen-bond donors (Lipinski definition) is 2. The van der Waals surface area contributed by atoms with Gasteiger partial charge >= 0.3 is 0 Å². The SMILES string of the molecule is COc1ccc(C)cc1NC(=O)C(C)(C)O. The highest BCUT2D eigenvalue weighted by Crippen LogP contribution is 2.25. The molecule has 88 valence electrons. The van der Waals surface area contributed by atoms with Gasteiger partial charge in [-0.2, -0.15) is 0 Å². The normalized spacial score (nSPS) is 11.1. The van der Waals surface area contributed by atoms with Gasteiger partial charge in [-0.25, -0.2) is 0 Å². The number of benzene rings is 1. The van der Waals surface area contributed by atoms with Crippen LogP contribution < -0.4 is 10.1 Å². The van der Waals surface area contributed by atoms with E-state index in [1.807, 2.05) is 13.0 Å². The van der Waals surface area contributed by atoms with Gasteiger partial charge in [0.05, 0.1) is 12.8 Å². The Bertz CT molecular complexity index is 394. The number of aryl methyl sites for hydroxylation is 1. The molecule has 0 heterocycles. The Hall–Kier alpha value is -1.55. The summed E-state index contributed by atoms with van der Waals surface area (Å²) in [6.07, 6.45) is 0. The molecule has 0 unspecified atom stereocenters. The first-order valence-electron chi connectivity index (χ1n) is 5.03. The third-order valence-corrected chi connectivity index (χ3v) is 2.16. The van der Waals surface area contributed by atoms with E-state index in [0.29, 0.717) is 11.4 Å².